The zero-order chi connectivity index (χ0) is 19.8. The van der Waals surface area contributed by atoms with E-state index in [-0.39, 0.29) is 17.8 Å². The molecule has 2 aromatic carbocycles. The first-order valence-corrected chi connectivity index (χ1v) is 9.48. The minimum Gasteiger partial charge on any atom is -0.489 e. The van der Waals surface area contributed by atoms with Crippen molar-refractivity contribution in [3.8, 4) is 17.1 Å². The number of nitrogens with zero attached hydrogens (tertiary/aromatic N) is 1. The van der Waals surface area contributed by atoms with Crippen molar-refractivity contribution in [3.63, 3.8) is 0 Å². The van der Waals surface area contributed by atoms with Crippen molar-refractivity contribution in [2.75, 3.05) is 25.0 Å². The highest BCUT2D eigenvalue weighted by Crippen LogP contribution is 2.41. The van der Waals surface area contributed by atoms with Crippen LogP contribution in [-0.4, -0.2) is 32.1 Å². The summed E-state index contributed by atoms with van der Waals surface area (Å²) in [6, 6.07) is 9.75. The predicted molar refractivity (Wildman–Crippen MR) is 108 cm³/mol. The summed E-state index contributed by atoms with van der Waals surface area (Å²) >= 11 is 0. The van der Waals surface area contributed by atoms with Crippen LogP contribution in [0.2, 0.25) is 0 Å². The number of hydrogen-bond acceptors (Lipinski definition) is 4. The lowest BCUT2D eigenvalue weighted by Gasteiger charge is -2.34. The highest BCUT2D eigenvalue weighted by Gasteiger charge is 2.26. The summed E-state index contributed by atoms with van der Waals surface area (Å²) < 4.78 is 25.5. The Bertz CT molecular complexity index is 1020. The summed E-state index contributed by atoms with van der Waals surface area (Å²) in [4.78, 5) is 14.9. The second-order valence-corrected chi connectivity index (χ2v) is 7.22. The fraction of sp³-hybridized carbons (Fsp3) is 0.318. The fourth-order valence-electron chi connectivity index (χ4n) is 3.42. The molecule has 5 nitrogen and oxygen atoms in total. The first-order chi connectivity index (χ1) is 13.5. The second-order valence-electron chi connectivity index (χ2n) is 7.22. The van der Waals surface area contributed by atoms with Gasteiger partial charge in [-0.25, -0.2) is 4.39 Å². The molecular weight excluding hydrogens is 359 g/mol. The molecule has 1 fully saturated rings. The quantitative estimate of drug-likeness (QED) is 0.701. The number of fused-ring (bicyclic) bond motifs is 1. The molecule has 1 aromatic heterocycles. The van der Waals surface area contributed by atoms with E-state index < -0.39 is 0 Å². The smallest absolute Gasteiger partial charge is 0.255 e. The third-order valence-corrected chi connectivity index (χ3v) is 4.89. The number of carbonyl (C=O) groups excluding carboxylic acids is 1. The van der Waals surface area contributed by atoms with E-state index >= 15 is 0 Å². The maximum Gasteiger partial charge on any atom is 0.255 e. The highest BCUT2D eigenvalue weighted by molar-refractivity contribution is 6.12. The molecule has 4 rings (SSSR count). The van der Waals surface area contributed by atoms with Crippen LogP contribution in [0.5, 0.6) is 5.75 Å². The van der Waals surface area contributed by atoms with Crippen molar-refractivity contribution in [2.45, 2.75) is 26.4 Å². The molecule has 28 heavy (non-hydrogen) atoms. The maximum absolute atomic E-state index is 13.4. The lowest BCUT2D eigenvalue weighted by molar-refractivity contribution is 0.0964. The van der Waals surface area contributed by atoms with Gasteiger partial charge in [0, 0.05) is 37.2 Å². The molecule has 0 unspecified atom stereocenters. The molecule has 0 bridgehead atoms. The van der Waals surface area contributed by atoms with Crippen molar-refractivity contribution in [1.82, 2.24) is 5.32 Å². The molecule has 0 atom stereocenters. The number of carbonyl (C=O) groups is 1. The van der Waals surface area contributed by atoms with Crippen LogP contribution in [-0.2, 0) is 0 Å². The van der Waals surface area contributed by atoms with Gasteiger partial charge < -0.3 is 19.4 Å². The summed E-state index contributed by atoms with van der Waals surface area (Å²) in [6.45, 7) is 5.88. The van der Waals surface area contributed by atoms with Crippen LogP contribution in [0.25, 0.3) is 22.3 Å². The van der Waals surface area contributed by atoms with Gasteiger partial charge in [-0.3, -0.25) is 4.79 Å². The van der Waals surface area contributed by atoms with Crippen LogP contribution in [0.4, 0.5) is 10.1 Å². The average molecular weight is 382 g/mol. The molecule has 0 radical (unpaired) electrons. The molecule has 0 spiro atoms. The summed E-state index contributed by atoms with van der Waals surface area (Å²) in [6.07, 6.45) is 1.14. The number of rotatable bonds is 5. The summed E-state index contributed by atoms with van der Waals surface area (Å²) in [5.74, 6) is 0.559. The van der Waals surface area contributed by atoms with Crippen LogP contribution in [0, 0.1) is 5.82 Å². The third-order valence-electron chi connectivity index (χ3n) is 4.89. The Morgan fingerprint density at radius 2 is 1.93 bits per heavy atom. The van der Waals surface area contributed by atoms with Crippen LogP contribution >= 0.6 is 0 Å². The van der Waals surface area contributed by atoms with E-state index in [1.165, 1.54) is 12.1 Å². The normalized spacial score (nSPS) is 13.7. The Hall–Kier alpha value is -3.02. The van der Waals surface area contributed by atoms with Crippen molar-refractivity contribution in [1.29, 1.82) is 0 Å². The predicted octanol–water partition coefficient (Wildman–Crippen LogP) is 4.60. The number of nitrogens with one attached hydrogen (secondary N) is 1. The van der Waals surface area contributed by atoms with E-state index in [4.69, 9.17) is 9.15 Å². The Balaban J connectivity index is 1.94. The molecule has 0 saturated carbocycles. The third kappa shape index (κ3) is 3.19. The van der Waals surface area contributed by atoms with Gasteiger partial charge in [-0.1, -0.05) is 0 Å². The summed E-state index contributed by atoms with van der Waals surface area (Å²) in [5.41, 5.74) is 2.65. The lowest BCUT2D eigenvalue weighted by Crippen LogP contribution is -2.37. The van der Waals surface area contributed by atoms with Gasteiger partial charge in [0.05, 0.1) is 17.4 Å². The molecule has 146 valence electrons. The van der Waals surface area contributed by atoms with Gasteiger partial charge in [0.25, 0.3) is 5.91 Å². The van der Waals surface area contributed by atoms with Gasteiger partial charge in [0.1, 0.15) is 22.9 Å². The molecule has 1 N–H and O–H groups in total. The maximum atomic E-state index is 13.4. The fourth-order valence-corrected chi connectivity index (χ4v) is 3.42. The minimum absolute atomic E-state index is 0.00407. The highest BCUT2D eigenvalue weighted by atomic mass is 19.1. The van der Waals surface area contributed by atoms with Crippen LogP contribution in [0.1, 0.15) is 30.6 Å². The Labute approximate surface area is 163 Å². The zero-order valence-electron chi connectivity index (χ0n) is 16.2. The largest absolute Gasteiger partial charge is 0.489 e. The van der Waals surface area contributed by atoms with E-state index in [1.54, 1.807) is 19.2 Å². The molecule has 3 aromatic rings. The van der Waals surface area contributed by atoms with E-state index in [2.05, 4.69) is 10.2 Å². The van der Waals surface area contributed by atoms with Gasteiger partial charge in [0.15, 0.2) is 0 Å². The SMILES string of the molecule is CNC(=O)c1c(-c2ccc(F)cc2)oc2cc(N3CCC3)c(OC(C)C)cc12. The van der Waals surface area contributed by atoms with Gasteiger partial charge in [-0.2, -0.15) is 0 Å². The first kappa shape index (κ1) is 18.3. The molecule has 1 aliphatic rings. The number of furan rings is 1. The van der Waals surface area contributed by atoms with Crippen LogP contribution in [0.3, 0.4) is 0 Å². The van der Waals surface area contributed by atoms with E-state index in [1.807, 2.05) is 26.0 Å². The number of amides is 1. The molecule has 0 aliphatic carbocycles. The molecule has 2 heterocycles. The molecule has 1 aliphatic heterocycles. The summed E-state index contributed by atoms with van der Waals surface area (Å²) in [7, 11) is 1.58. The van der Waals surface area contributed by atoms with E-state index in [9.17, 15) is 9.18 Å². The minimum atomic E-state index is -0.339. The average Bonchev–Trinajstić information content (AvgIpc) is 2.98. The zero-order valence-corrected chi connectivity index (χ0v) is 16.2. The Morgan fingerprint density at radius 3 is 2.50 bits per heavy atom. The number of benzene rings is 2. The number of hydrogen-bond donors (Lipinski definition) is 1. The van der Waals surface area contributed by atoms with Gasteiger partial charge >= 0.3 is 0 Å². The summed E-state index contributed by atoms with van der Waals surface area (Å²) in [5, 5.41) is 3.36. The second kappa shape index (κ2) is 7.19. The van der Waals surface area contributed by atoms with Crippen LogP contribution in [0.15, 0.2) is 40.8 Å². The number of halogens is 1. The lowest BCUT2D eigenvalue weighted by atomic mass is 10.0. The first-order valence-electron chi connectivity index (χ1n) is 9.48. The Morgan fingerprint density at radius 1 is 1.21 bits per heavy atom. The van der Waals surface area contributed by atoms with Crippen LogP contribution < -0.4 is 15.0 Å². The Kier molecular flexibility index (Phi) is 4.71. The van der Waals surface area contributed by atoms with E-state index in [0.717, 1.165) is 30.9 Å². The molecule has 1 saturated heterocycles. The number of anilines is 1. The van der Waals surface area contributed by atoms with Gasteiger partial charge in [-0.15, -0.1) is 0 Å². The van der Waals surface area contributed by atoms with Crippen molar-refractivity contribution >= 4 is 22.6 Å². The topological polar surface area (TPSA) is 54.7 Å². The molecule has 1 amide bonds. The van der Waals surface area contributed by atoms with Crippen molar-refractivity contribution in [2.24, 2.45) is 0 Å². The van der Waals surface area contributed by atoms with Gasteiger partial charge in [0.2, 0.25) is 0 Å². The van der Waals surface area contributed by atoms with Gasteiger partial charge in [-0.05, 0) is 50.6 Å². The monoisotopic (exact) mass is 382 g/mol. The number of ether oxygens (including phenoxy) is 1. The van der Waals surface area contributed by atoms with Crippen molar-refractivity contribution < 1.29 is 18.3 Å². The standard InChI is InChI=1S/C22H23FN2O3/c1-13(2)27-19-11-16-18(12-17(19)25-9-4-10-25)28-21(20(16)22(26)24-3)14-5-7-15(23)8-6-14/h5-8,11-13H,4,9-10H2,1-3H3,(H,24,26). The van der Waals surface area contributed by atoms with E-state index in [0.29, 0.717) is 27.9 Å². The molecule has 6 heteroatoms. The van der Waals surface area contributed by atoms with Crippen molar-refractivity contribution in [3.05, 3.63) is 47.8 Å². The molecular formula is C22H23FN2O3.